The van der Waals surface area contributed by atoms with Crippen LogP contribution in [-0.4, -0.2) is 48.6 Å². The Morgan fingerprint density at radius 1 is 1.24 bits per heavy atom. The Morgan fingerprint density at radius 2 is 2.00 bits per heavy atom. The zero-order valence-electron chi connectivity index (χ0n) is 18.0. The largest absolute Gasteiger partial charge is 0.478 e. The van der Waals surface area contributed by atoms with E-state index in [1.165, 1.54) is 38.3 Å². The first-order valence-electron chi connectivity index (χ1n) is 9.87. The van der Waals surface area contributed by atoms with E-state index >= 15 is 0 Å². The Hall–Kier alpha value is -3.79. The van der Waals surface area contributed by atoms with Gasteiger partial charge >= 0.3 is 18.0 Å². The summed E-state index contributed by atoms with van der Waals surface area (Å²) in [6.45, 7) is 3.22. The highest BCUT2D eigenvalue weighted by atomic mass is 35.5. The van der Waals surface area contributed by atoms with Gasteiger partial charge in [0, 0.05) is 10.6 Å². The topological polar surface area (TPSA) is 124 Å². The third-order valence-electron chi connectivity index (χ3n) is 4.52. The van der Waals surface area contributed by atoms with Gasteiger partial charge in [0.15, 0.2) is 6.10 Å². The standard InChI is InChI=1S/C22H21ClN2O8/c1-4-31-20(27)12(2)32-17-7-5-14(23)9-13(17)10-16-19(26)25(22(29)24-16)11-15-6-8-18(33-15)21(28)30-3/h5-10,12H,4,11H2,1-3H3,(H,24,29)/b16-10-/t12-/m1/s1. The lowest BCUT2D eigenvalue weighted by atomic mass is 10.1. The van der Waals surface area contributed by atoms with E-state index in [1.807, 2.05) is 0 Å². The molecular formula is C22H21ClN2O8. The summed E-state index contributed by atoms with van der Waals surface area (Å²) >= 11 is 6.08. The summed E-state index contributed by atoms with van der Waals surface area (Å²) in [6, 6.07) is 6.81. The molecule has 33 heavy (non-hydrogen) atoms. The molecule has 1 N–H and O–H groups in total. The van der Waals surface area contributed by atoms with Crippen molar-refractivity contribution < 1.29 is 37.8 Å². The van der Waals surface area contributed by atoms with Crippen LogP contribution in [0.1, 0.15) is 35.7 Å². The van der Waals surface area contributed by atoms with Crippen LogP contribution in [0.15, 0.2) is 40.4 Å². The first-order valence-corrected chi connectivity index (χ1v) is 10.3. The molecule has 1 aromatic heterocycles. The van der Waals surface area contributed by atoms with Gasteiger partial charge in [0.25, 0.3) is 5.91 Å². The molecule has 1 aromatic carbocycles. The quantitative estimate of drug-likeness (QED) is 0.350. The molecule has 174 valence electrons. The number of carbonyl (C=O) groups is 4. The van der Waals surface area contributed by atoms with Crippen LogP contribution in [0.3, 0.4) is 0 Å². The molecule has 2 heterocycles. The Balaban J connectivity index is 1.81. The number of esters is 2. The van der Waals surface area contributed by atoms with Crippen molar-refractivity contribution in [3.63, 3.8) is 0 Å². The normalized spacial score (nSPS) is 15.4. The molecule has 3 rings (SSSR count). The molecule has 0 bridgehead atoms. The fourth-order valence-electron chi connectivity index (χ4n) is 2.94. The van der Waals surface area contributed by atoms with Crippen LogP contribution in [0.25, 0.3) is 6.08 Å². The lowest BCUT2D eigenvalue weighted by Crippen LogP contribution is -2.30. The number of urea groups is 1. The minimum absolute atomic E-state index is 0.0318. The van der Waals surface area contributed by atoms with E-state index in [0.29, 0.717) is 10.6 Å². The van der Waals surface area contributed by atoms with Crippen LogP contribution in [0, 0.1) is 0 Å². The van der Waals surface area contributed by atoms with Crippen molar-refractivity contribution in [2.24, 2.45) is 0 Å². The molecule has 2 aromatic rings. The summed E-state index contributed by atoms with van der Waals surface area (Å²) < 4.78 is 20.5. The maximum atomic E-state index is 12.8. The summed E-state index contributed by atoms with van der Waals surface area (Å²) in [5, 5.41) is 2.84. The minimum Gasteiger partial charge on any atom is -0.478 e. The van der Waals surface area contributed by atoms with Gasteiger partial charge in [-0.25, -0.2) is 14.4 Å². The second-order valence-corrected chi connectivity index (χ2v) is 7.27. The molecule has 11 heteroatoms. The van der Waals surface area contributed by atoms with Gasteiger partial charge in [-0.2, -0.15) is 0 Å². The van der Waals surface area contributed by atoms with E-state index in [1.54, 1.807) is 19.1 Å². The van der Waals surface area contributed by atoms with Gasteiger partial charge in [0.2, 0.25) is 5.76 Å². The number of amides is 3. The number of hydrogen-bond acceptors (Lipinski definition) is 8. The van der Waals surface area contributed by atoms with E-state index < -0.39 is 30.0 Å². The van der Waals surface area contributed by atoms with Crippen LogP contribution >= 0.6 is 11.6 Å². The van der Waals surface area contributed by atoms with Crippen molar-refractivity contribution in [1.82, 2.24) is 10.2 Å². The SMILES string of the molecule is CCOC(=O)[C@@H](C)Oc1ccc(Cl)cc1/C=C1\NC(=O)N(Cc2ccc(C(=O)OC)o2)C1=O. The number of rotatable bonds is 8. The fraction of sp³-hybridized carbons (Fsp3) is 0.273. The maximum absolute atomic E-state index is 12.8. The number of benzene rings is 1. The van der Waals surface area contributed by atoms with Crippen molar-refractivity contribution in [3.8, 4) is 5.75 Å². The molecule has 0 unspecified atom stereocenters. The van der Waals surface area contributed by atoms with Crippen molar-refractivity contribution in [3.05, 3.63) is 58.1 Å². The summed E-state index contributed by atoms with van der Waals surface area (Å²) in [4.78, 5) is 49.5. The molecule has 1 fully saturated rings. The Labute approximate surface area is 194 Å². The molecule has 1 saturated heterocycles. The predicted molar refractivity (Wildman–Crippen MR) is 115 cm³/mol. The van der Waals surface area contributed by atoms with Crippen LogP contribution in [0.5, 0.6) is 5.75 Å². The molecule has 0 aliphatic carbocycles. The molecular weight excluding hydrogens is 456 g/mol. The summed E-state index contributed by atoms with van der Waals surface area (Å²) in [7, 11) is 1.21. The molecule has 0 saturated carbocycles. The average Bonchev–Trinajstić information content (AvgIpc) is 3.35. The Kier molecular flexibility index (Phi) is 7.39. The van der Waals surface area contributed by atoms with E-state index in [2.05, 4.69) is 10.1 Å². The van der Waals surface area contributed by atoms with Gasteiger partial charge in [-0.3, -0.25) is 9.69 Å². The van der Waals surface area contributed by atoms with Crippen molar-refractivity contribution in [1.29, 1.82) is 0 Å². The third-order valence-corrected chi connectivity index (χ3v) is 4.75. The molecule has 1 aliphatic rings. The molecule has 1 aliphatic heterocycles. The third kappa shape index (κ3) is 5.53. The lowest BCUT2D eigenvalue weighted by Gasteiger charge is -2.15. The van der Waals surface area contributed by atoms with Crippen LogP contribution in [0.2, 0.25) is 5.02 Å². The smallest absolute Gasteiger partial charge is 0.373 e. The predicted octanol–water partition coefficient (Wildman–Crippen LogP) is 3.14. The average molecular weight is 477 g/mol. The highest BCUT2D eigenvalue weighted by Crippen LogP contribution is 2.28. The number of carbonyl (C=O) groups excluding carboxylic acids is 4. The minimum atomic E-state index is -0.906. The van der Waals surface area contributed by atoms with E-state index in [0.717, 1.165) is 4.90 Å². The second-order valence-electron chi connectivity index (χ2n) is 6.83. The second kappa shape index (κ2) is 10.2. The number of furan rings is 1. The van der Waals surface area contributed by atoms with Gasteiger partial charge in [-0.15, -0.1) is 0 Å². The summed E-state index contributed by atoms with van der Waals surface area (Å²) in [5.74, 6) is -1.42. The molecule has 10 nitrogen and oxygen atoms in total. The Morgan fingerprint density at radius 3 is 2.70 bits per heavy atom. The summed E-state index contributed by atoms with van der Waals surface area (Å²) in [6.07, 6.45) is 0.484. The molecule has 1 atom stereocenters. The molecule has 0 spiro atoms. The zero-order chi connectivity index (χ0) is 24.1. The van der Waals surface area contributed by atoms with Gasteiger partial charge in [0.05, 0.1) is 20.3 Å². The summed E-state index contributed by atoms with van der Waals surface area (Å²) in [5.41, 5.74) is 0.339. The van der Waals surface area contributed by atoms with Crippen LogP contribution in [0.4, 0.5) is 4.79 Å². The van der Waals surface area contributed by atoms with Crippen LogP contribution < -0.4 is 10.1 Å². The fourth-order valence-corrected chi connectivity index (χ4v) is 3.12. The number of nitrogens with one attached hydrogen (secondary N) is 1. The van der Waals surface area contributed by atoms with E-state index in [-0.39, 0.29) is 36.1 Å². The van der Waals surface area contributed by atoms with Gasteiger partial charge in [0.1, 0.15) is 17.2 Å². The van der Waals surface area contributed by atoms with Crippen molar-refractivity contribution >= 4 is 41.6 Å². The molecule has 0 radical (unpaired) electrons. The maximum Gasteiger partial charge on any atom is 0.373 e. The van der Waals surface area contributed by atoms with E-state index in [9.17, 15) is 19.2 Å². The number of methoxy groups -OCH3 is 1. The van der Waals surface area contributed by atoms with Gasteiger partial charge in [-0.05, 0) is 50.3 Å². The zero-order valence-corrected chi connectivity index (χ0v) is 18.8. The van der Waals surface area contributed by atoms with Gasteiger partial charge < -0.3 is 23.9 Å². The Bertz CT molecular complexity index is 1120. The van der Waals surface area contributed by atoms with Gasteiger partial charge in [-0.1, -0.05) is 11.6 Å². The first kappa shape index (κ1) is 23.9. The number of ether oxygens (including phenoxy) is 3. The van der Waals surface area contributed by atoms with Crippen molar-refractivity contribution in [2.75, 3.05) is 13.7 Å². The lowest BCUT2D eigenvalue weighted by molar-refractivity contribution is -0.150. The van der Waals surface area contributed by atoms with Crippen LogP contribution in [-0.2, 0) is 25.6 Å². The number of imide groups is 1. The molecule has 3 amide bonds. The van der Waals surface area contributed by atoms with E-state index in [4.69, 9.17) is 25.5 Å². The number of hydrogen-bond donors (Lipinski definition) is 1. The van der Waals surface area contributed by atoms with Crippen molar-refractivity contribution in [2.45, 2.75) is 26.5 Å². The number of nitrogens with zero attached hydrogens (tertiary/aromatic N) is 1. The monoisotopic (exact) mass is 476 g/mol. The first-order chi connectivity index (χ1) is 15.7. The highest BCUT2D eigenvalue weighted by molar-refractivity contribution is 6.30. The number of halogens is 1. The highest BCUT2D eigenvalue weighted by Gasteiger charge is 2.34.